The third-order valence-electron chi connectivity index (χ3n) is 4.59. The number of oxime groups is 1. The molecule has 1 unspecified atom stereocenters. The lowest BCUT2D eigenvalue weighted by Crippen LogP contribution is -2.24. The van der Waals surface area contributed by atoms with Gasteiger partial charge in [-0.1, -0.05) is 18.5 Å². The van der Waals surface area contributed by atoms with Gasteiger partial charge in [0.1, 0.15) is 12.4 Å². The van der Waals surface area contributed by atoms with E-state index in [1.165, 1.54) is 19.2 Å². The highest BCUT2D eigenvalue weighted by molar-refractivity contribution is 6.00. The molecule has 2 rings (SSSR count). The van der Waals surface area contributed by atoms with E-state index in [0.717, 1.165) is 24.1 Å². The molecular weight excluding hydrogens is 349 g/mol. The van der Waals surface area contributed by atoms with Crippen LogP contribution in [0.3, 0.4) is 0 Å². The summed E-state index contributed by atoms with van der Waals surface area (Å²) in [6.07, 6.45) is 3.26. The number of urea groups is 1. The van der Waals surface area contributed by atoms with Crippen molar-refractivity contribution >= 4 is 17.4 Å². The Kier molecular flexibility index (Phi) is 7.64. The fourth-order valence-electron chi connectivity index (χ4n) is 3.26. The van der Waals surface area contributed by atoms with Gasteiger partial charge < -0.3 is 20.6 Å². The van der Waals surface area contributed by atoms with Gasteiger partial charge in [0.25, 0.3) is 0 Å². The molecule has 0 radical (unpaired) electrons. The highest BCUT2D eigenvalue weighted by atomic mass is 19.1. The number of aliphatic hydroxyl groups is 1. The lowest BCUT2D eigenvalue weighted by Gasteiger charge is -2.26. The summed E-state index contributed by atoms with van der Waals surface area (Å²) in [7, 11) is 1.52. The highest BCUT2D eigenvalue weighted by Gasteiger charge is 2.27. The number of carbonyl (C=O) groups is 1. The van der Waals surface area contributed by atoms with Crippen molar-refractivity contribution in [2.75, 3.05) is 19.0 Å². The summed E-state index contributed by atoms with van der Waals surface area (Å²) in [6.45, 7) is 4.38. The zero-order valence-corrected chi connectivity index (χ0v) is 16.1. The molecule has 1 aliphatic carbocycles. The number of halogens is 1. The van der Waals surface area contributed by atoms with Crippen LogP contribution in [-0.2, 0) is 4.84 Å². The fraction of sp³-hybridized carbons (Fsp3) is 0.500. The number of hydrogen-bond donors (Lipinski definition) is 3. The van der Waals surface area contributed by atoms with Gasteiger partial charge in [-0.15, -0.1) is 0 Å². The molecule has 3 N–H and O–H groups in total. The average Bonchev–Trinajstić information content (AvgIpc) is 2.66. The maximum absolute atomic E-state index is 14.4. The van der Waals surface area contributed by atoms with E-state index in [9.17, 15) is 14.3 Å². The van der Waals surface area contributed by atoms with Crippen molar-refractivity contribution in [2.24, 2.45) is 5.16 Å². The molecule has 1 atom stereocenters. The predicted molar refractivity (Wildman–Crippen MR) is 105 cm³/mol. The SMILES string of the molecule is CCCC(=NOCC)C1=C(O)CC(c2cc(NC(=O)NC)ccc2F)CC1. The maximum Gasteiger partial charge on any atom is 0.318 e. The fourth-order valence-corrected chi connectivity index (χ4v) is 3.26. The Balaban J connectivity index is 2.22. The molecule has 0 bridgehead atoms. The first kappa shape index (κ1) is 20.7. The molecule has 0 saturated carbocycles. The molecule has 1 aromatic carbocycles. The summed E-state index contributed by atoms with van der Waals surface area (Å²) in [5, 5.41) is 19.8. The standard InChI is InChI=1S/C20H28FN3O3/c1-4-6-18(24-27-5-2)15-9-7-13(11-19(15)25)16-12-14(8-10-17(16)21)23-20(26)22-3/h8,10,12-13,25H,4-7,9,11H2,1-3H3,(H2,22,23,26). The Hall–Kier alpha value is -2.57. The Morgan fingerprint density at radius 3 is 2.81 bits per heavy atom. The van der Waals surface area contributed by atoms with Crippen LogP contribution >= 0.6 is 0 Å². The molecule has 0 aromatic heterocycles. The van der Waals surface area contributed by atoms with Gasteiger partial charge in [-0.25, -0.2) is 9.18 Å². The maximum atomic E-state index is 14.4. The molecule has 148 valence electrons. The Morgan fingerprint density at radius 2 is 2.19 bits per heavy atom. The third-order valence-corrected chi connectivity index (χ3v) is 4.59. The van der Waals surface area contributed by atoms with Gasteiger partial charge in [-0.3, -0.25) is 0 Å². The van der Waals surface area contributed by atoms with Crippen LogP contribution in [0, 0.1) is 5.82 Å². The monoisotopic (exact) mass is 377 g/mol. The van der Waals surface area contributed by atoms with Crippen molar-refractivity contribution in [3.63, 3.8) is 0 Å². The average molecular weight is 377 g/mol. The van der Waals surface area contributed by atoms with Crippen LogP contribution in [0.4, 0.5) is 14.9 Å². The van der Waals surface area contributed by atoms with Gasteiger partial charge in [0.05, 0.1) is 11.5 Å². The topological polar surface area (TPSA) is 83.0 Å². The molecule has 1 aliphatic rings. The first-order valence-electron chi connectivity index (χ1n) is 9.38. The molecule has 27 heavy (non-hydrogen) atoms. The Labute approximate surface area is 159 Å². The van der Waals surface area contributed by atoms with Gasteiger partial charge >= 0.3 is 6.03 Å². The first-order valence-corrected chi connectivity index (χ1v) is 9.38. The molecule has 0 spiro atoms. The molecule has 0 heterocycles. The second-order valence-corrected chi connectivity index (χ2v) is 6.51. The zero-order valence-electron chi connectivity index (χ0n) is 16.1. The van der Waals surface area contributed by atoms with Crippen molar-refractivity contribution in [1.82, 2.24) is 5.32 Å². The van der Waals surface area contributed by atoms with Crippen LogP contribution in [0.25, 0.3) is 0 Å². The van der Waals surface area contributed by atoms with Crippen LogP contribution in [0.2, 0.25) is 0 Å². The number of benzene rings is 1. The van der Waals surface area contributed by atoms with Gasteiger partial charge in [-0.05, 0) is 55.9 Å². The van der Waals surface area contributed by atoms with Crippen molar-refractivity contribution < 1.29 is 19.1 Å². The van der Waals surface area contributed by atoms with Crippen LogP contribution in [0.1, 0.15) is 57.4 Å². The normalized spacial score (nSPS) is 17.6. The molecule has 7 heteroatoms. The molecule has 2 amide bonds. The van der Waals surface area contributed by atoms with Crippen LogP contribution < -0.4 is 10.6 Å². The molecule has 6 nitrogen and oxygen atoms in total. The number of allylic oxidation sites excluding steroid dienone is 2. The van der Waals surface area contributed by atoms with Crippen LogP contribution in [0.15, 0.2) is 34.7 Å². The number of nitrogens with zero attached hydrogens (tertiary/aromatic N) is 1. The molecule has 0 aliphatic heterocycles. The minimum absolute atomic E-state index is 0.157. The Morgan fingerprint density at radius 1 is 1.41 bits per heavy atom. The van der Waals surface area contributed by atoms with E-state index in [2.05, 4.69) is 15.8 Å². The number of amides is 2. The molecule has 1 aromatic rings. The summed E-state index contributed by atoms with van der Waals surface area (Å²) < 4.78 is 14.4. The first-order chi connectivity index (χ1) is 13.0. The van der Waals surface area contributed by atoms with E-state index in [1.54, 1.807) is 6.07 Å². The summed E-state index contributed by atoms with van der Waals surface area (Å²) in [5.74, 6) is -0.257. The van der Waals surface area contributed by atoms with E-state index < -0.39 is 0 Å². The van der Waals surface area contributed by atoms with E-state index >= 15 is 0 Å². The van der Waals surface area contributed by atoms with Crippen LogP contribution in [0.5, 0.6) is 0 Å². The summed E-state index contributed by atoms with van der Waals surface area (Å²) in [4.78, 5) is 16.7. The summed E-state index contributed by atoms with van der Waals surface area (Å²) >= 11 is 0. The summed E-state index contributed by atoms with van der Waals surface area (Å²) in [5.41, 5.74) is 2.59. The largest absolute Gasteiger partial charge is 0.512 e. The van der Waals surface area contributed by atoms with E-state index in [-0.39, 0.29) is 23.5 Å². The smallest absolute Gasteiger partial charge is 0.318 e. The predicted octanol–water partition coefficient (Wildman–Crippen LogP) is 4.85. The third kappa shape index (κ3) is 5.45. The second-order valence-electron chi connectivity index (χ2n) is 6.51. The van der Waals surface area contributed by atoms with Crippen molar-refractivity contribution in [3.05, 3.63) is 40.9 Å². The van der Waals surface area contributed by atoms with Crippen molar-refractivity contribution in [1.29, 1.82) is 0 Å². The Bertz CT molecular complexity index is 731. The van der Waals surface area contributed by atoms with Crippen molar-refractivity contribution in [2.45, 2.75) is 51.9 Å². The molecular formula is C20H28FN3O3. The lowest BCUT2D eigenvalue weighted by atomic mass is 9.81. The van der Waals surface area contributed by atoms with E-state index in [1.807, 2.05) is 13.8 Å². The van der Waals surface area contributed by atoms with Gasteiger partial charge in [0.2, 0.25) is 0 Å². The number of anilines is 1. The molecule has 0 saturated heterocycles. The van der Waals surface area contributed by atoms with E-state index in [4.69, 9.17) is 4.84 Å². The number of aliphatic hydroxyl groups excluding tert-OH is 1. The molecule has 0 fully saturated rings. The zero-order chi connectivity index (χ0) is 19.8. The second kappa shape index (κ2) is 9.94. The van der Waals surface area contributed by atoms with Gasteiger partial charge in [-0.2, -0.15) is 0 Å². The lowest BCUT2D eigenvalue weighted by molar-refractivity contribution is 0.158. The number of nitrogens with one attached hydrogen (secondary N) is 2. The van der Waals surface area contributed by atoms with E-state index in [0.29, 0.717) is 37.1 Å². The number of hydrogen-bond acceptors (Lipinski definition) is 4. The van der Waals surface area contributed by atoms with Crippen LogP contribution in [-0.4, -0.2) is 30.5 Å². The number of rotatable bonds is 7. The minimum Gasteiger partial charge on any atom is -0.512 e. The minimum atomic E-state index is -0.363. The quantitative estimate of drug-likeness (QED) is 0.469. The summed E-state index contributed by atoms with van der Waals surface area (Å²) in [6, 6.07) is 4.13. The highest BCUT2D eigenvalue weighted by Crippen LogP contribution is 2.38. The van der Waals surface area contributed by atoms with Gasteiger partial charge in [0.15, 0.2) is 0 Å². The van der Waals surface area contributed by atoms with Crippen molar-refractivity contribution in [3.8, 4) is 0 Å². The van der Waals surface area contributed by atoms with Gasteiger partial charge in [0, 0.05) is 24.7 Å². The number of carbonyl (C=O) groups excluding carboxylic acids is 1.